The quantitative estimate of drug-likeness (QED) is 0.818. The van der Waals surface area contributed by atoms with E-state index in [1.807, 2.05) is 0 Å². The van der Waals surface area contributed by atoms with Gasteiger partial charge in [-0.25, -0.2) is 4.98 Å². The molecule has 0 saturated carbocycles. The van der Waals surface area contributed by atoms with Crippen molar-refractivity contribution in [2.24, 2.45) is 0 Å². The van der Waals surface area contributed by atoms with Crippen LogP contribution in [0.2, 0.25) is 0 Å². The number of aromatic nitrogens is 2. The lowest BCUT2D eigenvalue weighted by Gasteiger charge is -2.22. The second kappa shape index (κ2) is 7.26. The molecule has 1 aliphatic rings. The Bertz CT molecular complexity index is 414. The summed E-state index contributed by atoms with van der Waals surface area (Å²) < 4.78 is 1.14. The van der Waals surface area contributed by atoms with Crippen LogP contribution in [0.25, 0.3) is 0 Å². The van der Waals surface area contributed by atoms with Gasteiger partial charge in [0.1, 0.15) is 5.82 Å². The van der Waals surface area contributed by atoms with Crippen LogP contribution in [-0.4, -0.2) is 29.6 Å². The fraction of sp³-hybridized carbons (Fsp3) is 0.714. The highest BCUT2D eigenvalue weighted by Gasteiger charge is 2.16. The van der Waals surface area contributed by atoms with E-state index in [1.165, 1.54) is 25.7 Å². The van der Waals surface area contributed by atoms with Crippen molar-refractivity contribution in [3.8, 4) is 0 Å². The van der Waals surface area contributed by atoms with E-state index in [9.17, 15) is 0 Å². The maximum atomic E-state index is 4.73. The van der Waals surface area contributed by atoms with Gasteiger partial charge in [0.25, 0.3) is 0 Å². The van der Waals surface area contributed by atoms with Crippen molar-refractivity contribution in [2.45, 2.75) is 46.0 Å². The van der Waals surface area contributed by atoms with Gasteiger partial charge in [-0.05, 0) is 48.8 Å². The van der Waals surface area contributed by atoms with Crippen molar-refractivity contribution in [1.82, 2.24) is 9.97 Å². The van der Waals surface area contributed by atoms with Crippen LogP contribution in [0, 0.1) is 10.5 Å². The van der Waals surface area contributed by atoms with Crippen LogP contribution in [0.5, 0.6) is 0 Å². The summed E-state index contributed by atoms with van der Waals surface area (Å²) in [5.41, 5.74) is 1.08. The van der Waals surface area contributed by atoms with Gasteiger partial charge in [-0.3, -0.25) is 0 Å². The van der Waals surface area contributed by atoms with E-state index in [-0.39, 0.29) is 0 Å². The van der Waals surface area contributed by atoms with Crippen LogP contribution in [-0.2, 0) is 0 Å². The Hall–Kier alpha value is -0.590. The first-order chi connectivity index (χ1) is 9.22. The molecule has 0 bridgehead atoms. The third kappa shape index (κ3) is 3.94. The molecule has 0 spiro atoms. The fourth-order valence-electron chi connectivity index (χ4n) is 2.32. The van der Waals surface area contributed by atoms with Crippen LogP contribution in [0.3, 0.4) is 0 Å². The molecule has 1 aliphatic heterocycles. The predicted molar refractivity (Wildman–Crippen MR) is 88.9 cm³/mol. The molecule has 0 unspecified atom stereocenters. The lowest BCUT2D eigenvalue weighted by molar-refractivity contribution is 0.726. The SMILES string of the molecule is CCCNc1nc(N2CCCCCC2)nc(C)c1I. The molecule has 0 radical (unpaired) electrons. The van der Waals surface area contributed by atoms with E-state index in [0.717, 1.165) is 47.1 Å². The van der Waals surface area contributed by atoms with Gasteiger partial charge in [0.2, 0.25) is 5.95 Å². The maximum Gasteiger partial charge on any atom is 0.227 e. The molecule has 1 saturated heterocycles. The Morgan fingerprint density at radius 2 is 1.84 bits per heavy atom. The largest absolute Gasteiger partial charge is 0.369 e. The van der Waals surface area contributed by atoms with Gasteiger partial charge in [0.05, 0.1) is 9.26 Å². The Kier molecular flexibility index (Phi) is 5.66. The van der Waals surface area contributed by atoms with E-state index in [0.29, 0.717) is 0 Å². The number of hydrogen-bond donors (Lipinski definition) is 1. The highest BCUT2D eigenvalue weighted by molar-refractivity contribution is 14.1. The van der Waals surface area contributed by atoms with Gasteiger partial charge in [-0.2, -0.15) is 4.98 Å². The van der Waals surface area contributed by atoms with E-state index >= 15 is 0 Å². The minimum atomic E-state index is 0.901. The summed E-state index contributed by atoms with van der Waals surface area (Å²) in [4.78, 5) is 11.7. The first kappa shape index (κ1) is 14.8. The molecule has 1 aromatic rings. The first-order valence-corrected chi connectivity index (χ1v) is 8.33. The summed E-state index contributed by atoms with van der Waals surface area (Å²) in [6.45, 7) is 7.39. The van der Waals surface area contributed by atoms with Gasteiger partial charge in [-0.15, -0.1) is 0 Å². The zero-order chi connectivity index (χ0) is 13.7. The topological polar surface area (TPSA) is 41.1 Å². The monoisotopic (exact) mass is 374 g/mol. The minimum Gasteiger partial charge on any atom is -0.369 e. The zero-order valence-corrected chi connectivity index (χ0v) is 14.0. The van der Waals surface area contributed by atoms with Crippen molar-refractivity contribution in [3.05, 3.63) is 9.26 Å². The Morgan fingerprint density at radius 1 is 1.16 bits per heavy atom. The number of hydrogen-bond acceptors (Lipinski definition) is 4. The minimum absolute atomic E-state index is 0.901. The molecule has 0 atom stereocenters. The standard InChI is InChI=1S/C14H23IN4/c1-3-8-16-13-12(15)11(2)17-14(18-13)19-9-6-4-5-7-10-19/h3-10H2,1-2H3,(H,16,17,18). The second-order valence-electron chi connectivity index (χ2n) is 5.10. The van der Waals surface area contributed by atoms with Gasteiger partial charge in [0, 0.05) is 19.6 Å². The summed E-state index contributed by atoms with van der Waals surface area (Å²) in [7, 11) is 0. The lowest BCUT2D eigenvalue weighted by atomic mass is 10.2. The van der Waals surface area contributed by atoms with E-state index in [4.69, 9.17) is 4.98 Å². The number of aryl methyl sites for hydroxylation is 1. The lowest BCUT2D eigenvalue weighted by Crippen LogP contribution is -2.27. The average molecular weight is 374 g/mol. The number of halogens is 1. The van der Waals surface area contributed by atoms with Crippen molar-refractivity contribution in [3.63, 3.8) is 0 Å². The molecule has 2 rings (SSSR count). The van der Waals surface area contributed by atoms with Gasteiger partial charge >= 0.3 is 0 Å². The van der Waals surface area contributed by atoms with Crippen molar-refractivity contribution < 1.29 is 0 Å². The summed E-state index contributed by atoms with van der Waals surface area (Å²) in [5.74, 6) is 1.90. The molecule has 19 heavy (non-hydrogen) atoms. The van der Waals surface area contributed by atoms with Crippen molar-refractivity contribution in [1.29, 1.82) is 0 Å². The molecule has 1 fully saturated rings. The number of nitrogens with zero attached hydrogens (tertiary/aromatic N) is 3. The predicted octanol–water partition coefficient (Wildman–Crippen LogP) is 3.59. The molecule has 5 heteroatoms. The fourth-order valence-corrected chi connectivity index (χ4v) is 2.75. The Labute approximate surface area is 129 Å². The highest BCUT2D eigenvalue weighted by atomic mass is 127. The van der Waals surface area contributed by atoms with Crippen LogP contribution in [0.15, 0.2) is 0 Å². The molecule has 0 aliphatic carbocycles. The van der Waals surface area contributed by atoms with Gasteiger partial charge in [-0.1, -0.05) is 19.8 Å². The first-order valence-electron chi connectivity index (χ1n) is 7.25. The third-order valence-electron chi connectivity index (χ3n) is 3.44. The zero-order valence-electron chi connectivity index (χ0n) is 11.9. The van der Waals surface area contributed by atoms with Crippen molar-refractivity contribution in [2.75, 3.05) is 29.9 Å². The molecule has 0 aromatic carbocycles. The Balaban J connectivity index is 2.21. The van der Waals surface area contributed by atoms with Crippen LogP contribution < -0.4 is 10.2 Å². The number of rotatable bonds is 4. The molecule has 2 heterocycles. The molecule has 1 aromatic heterocycles. The summed E-state index contributed by atoms with van der Waals surface area (Å²) in [5, 5.41) is 3.41. The molecule has 0 amide bonds. The van der Waals surface area contributed by atoms with E-state index < -0.39 is 0 Å². The smallest absolute Gasteiger partial charge is 0.227 e. The van der Waals surface area contributed by atoms with Crippen molar-refractivity contribution >= 4 is 34.4 Å². The normalized spacial score (nSPS) is 16.3. The number of nitrogens with one attached hydrogen (secondary N) is 1. The summed E-state index contributed by atoms with van der Waals surface area (Å²) in [6.07, 6.45) is 6.29. The molecular formula is C14H23IN4. The van der Waals surface area contributed by atoms with E-state index in [2.05, 4.69) is 51.6 Å². The molecule has 106 valence electrons. The second-order valence-corrected chi connectivity index (χ2v) is 6.18. The van der Waals surface area contributed by atoms with Crippen LogP contribution >= 0.6 is 22.6 Å². The van der Waals surface area contributed by atoms with E-state index in [1.54, 1.807) is 0 Å². The number of anilines is 2. The molecule has 1 N–H and O–H groups in total. The van der Waals surface area contributed by atoms with Gasteiger partial charge < -0.3 is 10.2 Å². The third-order valence-corrected chi connectivity index (χ3v) is 4.73. The highest BCUT2D eigenvalue weighted by Crippen LogP contribution is 2.23. The maximum absolute atomic E-state index is 4.73. The summed E-state index contributed by atoms with van der Waals surface area (Å²) >= 11 is 2.33. The average Bonchev–Trinajstić information content (AvgIpc) is 2.69. The van der Waals surface area contributed by atoms with Crippen LogP contribution in [0.1, 0.15) is 44.7 Å². The van der Waals surface area contributed by atoms with Gasteiger partial charge in [0.15, 0.2) is 0 Å². The van der Waals surface area contributed by atoms with Crippen LogP contribution in [0.4, 0.5) is 11.8 Å². The summed E-state index contributed by atoms with van der Waals surface area (Å²) in [6, 6.07) is 0. The molecular weight excluding hydrogens is 351 g/mol. The Morgan fingerprint density at radius 3 is 2.47 bits per heavy atom. The molecule has 4 nitrogen and oxygen atoms in total.